The molecule has 1 fully saturated rings. The summed E-state index contributed by atoms with van der Waals surface area (Å²) in [6.07, 6.45) is 1.86. The van der Waals surface area contributed by atoms with Crippen molar-refractivity contribution in [2.45, 2.75) is 20.3 Å². The van der Waals surface area contributed by atoms with Crippen LogP contribution in [0, 0.1) is 19.8 Å². The van der Waals surface area contributed by atoms with Crippen LogP contribution in [-0.2, 0) is 9.59 Å². The number of thiophene rings is 1. The first kappa shape index (κ1) is 16.4. The molecule has 1 aliphatic heterocycles. The van der Waals surface area contributed by atoms with Gasteiger partial charge in [0.15, 0.2) is 0 Å². The van der Waals surface area contributed by atoms with E-state index in [-0.39, 0.29) is 24.2 Å². The molecule has 0 aliphatic carbocycles. The van der Waals surface area contributed by atoms with Gasteiger partial charge in [-0.15, -0.1) is 11.3 Å². The van der Waals surface area contributed by atoms with Crippen molar-refractivity contribution in [1.29, 1.82) is 0 Å². The highest BCUT2D eigenvalue weighted by atomic mass is 32.1. The number of nitrogens with one attached hydrogen (secondary N) is 1. The summed E-state index contributed by atoms with van der Waals surface area (Å²) in [5, 5.41) is 5.99. The highest BCUT2D eigenvalue weighted by Crippen LogP contribution is 2.25. The molecular weight excluding hydrogens is 322 g/mol. The van der Waals surface area contributed by atoms with E-state index in [0.29, 0.717) is 6.54 Å². The topological polar surface area (TPSA) is 61.8 Å². The van der Waals surface area contributed by atoms with Gasteiger partial charge < -0.3 is 4.90 Å². The predicted octanol–water partition coefficient (Wildman–Crippen LogP) is 2.87. The fraction of sp³-hybridized carbons (Fsp3) is 0.278. The Kier molecular flexibility index (Phi) is 4.76. The van der Waals surface area contributed by atoms with Gasteiger partial charge in [-0.25, -0.2) is 5.43 Å². The molecule has 3 rings (SSSR count). The van der Waals surface area contributed by atoms with E-state index in [4.69, 9.17) is 0 Å². The van der Waals surface area contributed by atoms with Crippen molar-refractivity contribution in [3.63, 3.8) is 0 Å². The number of hydrogen-bond acceptors (Lipinski definition) is 4. The van der Waals surface area contributed by atoms with E-state index in [2.05, 4.69) is 10.5 Å². The summed E-state index contributed by atoms with van der Waals surface area (Å²) in [7, 11) is 0. The first-order chi connectivity index (χ1) is 11.5. The monoisotopic (exact) mass is 341 g/mol. The third-order valence-electron chi connectivity index (χ3n) is 4.10. The van der Waals surface area contributed by atoms with Gasteiger partial charge >= 0.3 is 0 Å². The number of rotatable bonds is 4. The van der Waals surface area contributed by atoms with Crippen LogP contribution in [0.1, 0.15) is 22.4 Å². The van der Waals surface area contributed by atoms with Gasteiger partial charge in [0, 0.05) is 23.5 Å². The molecular formula is C18H19N3O2S. The first-order valence-corrected chi connectivity index (χ1v) is 8.66. The lowest BCUT2D eigenvalue weighted by Gasteiger charge is -2.16. The quantitative estimate of drug-likeness (QED) is 0.686. The largest absolute Gasteiger partial charge is 0.312 e. The number of carbonyl (C=O) groups is 2. The van der Waals surface area contributed by atoms with Gasteiger partial charge in [-0.05, 0) is 43.0 Å². The molecule has 0 unspecified atom stereocenters. The van der Waals surface area contributed by atoms with Crippen LogP contribution in [0.5, 0.6) is 0 Å². The molecule has 0 saturated carbocycles. The molecule has 0 radical (unpaired) electrons. The summed E-state index contributed by atoms with van der Waals surface area (Å²) >= 11 is 1.57. The van der Waals surface area contributed by atoms with Crippen LogP contribution in [0.3, 0.4) is 0 Å². The van der Waals surface area contributed by atoms with Gasteiger partial charge in [0.05, 0.1) is 12.1 Å². The normalized spacial score (nSPS) is 17.7. The van der Waals surface area contributed by atoms with Crippen molar-refractivity contribution in [3.8, 4) is 0 Å². The Morgan fingerprint density at radius 1 is 1.29 bits per heavy atom. The van der Waals surface area contributed by atoms with Crippen molar-refractivity contribution < 1.29 is 9.59 Å². The van der Waals surface area contributed by atoms with Gasteiger partial charge in [-0.2, -0.15) is 5.10 Å². The zero-order valence-corrected chi connectivity index (χ0v) is 14.5. The number of hydrazone groups is 1. The van der Waals surface area contributed by atoms with Crippen molar-refractivity contribution in [2.75, 3.05) is 11.4 Å². The minimum absolute atomic E-state index is 0.0305. The molecule has 1 N–H and O–H groups in total. The number of amides is 2. The molecule has 2 amide bonds. The van der Waals surface area contributed by atoms with Crippen LogP contribution in [0.4, 0.5) is 5.69 Å². The van der Waals surface area contributed by atoms with Crippen LogP contribution in [0.15, 0.2) is 40.8 Å². The van der Waals surface area contributed by atoms with Gasteiger partial charge in [0.2, 0.25) is 11.8 Å². The lowest BCUT2D eigenvalue weighted by molar-refractivity contribution is -0.126. The standard InChI is InChI=1S/C18H19N3O2S/c1-12-3-5-15(6-4-12)21-11-14(9-17(21)22)18(23)20-19-10-16-13(2)7-8-24-16/h3-8,10,14H,9,11H2,1-2H3,(H,20,23)/b19-10+/t14-/m1/s1. The molecule has 1 aromatic heterocycles. The van der Waals surface area contributed by atoms with Crippen LogP contribution in [0.2, 0.25) is 0 Å². The van der Waals surface area contributed by atoms with Crippen molar-refractivity contribution in [1.82, 2.24) is 5.43 Å². The summed E-state index contributed by atoms with van der Waals surface area (Å²) in [6, 6.07) is 9.74. The van der Waals surface area contributed by atoms with Crippen LogP contribution < -0.4 is 10.3 Å². The molecule has 1 atom stereocenters. The maximum Gasteiger partial charge on any atom is 0.245 e. The average molecular weight is 341 g/mol. The van der Waals surface area contributed by atoms with E-state index >= 15 is 0 Å². The zero-order valence-electron chi connectivity index (χ0n) is 13.7. The third kappa shape index (κ3) is 3.54. The molecule has 0 bridgehead atoms. The molecule has 24 heavy (non-hydrogen) atoms. The Hall–Kier alpha value is -2.47. The molecule has 5 nitrogen and oxygen atoms in total. The Morgan fingerprint density at radius 2 is 2.04 bits per heavy atom. The molecule has 0 spiro atoms. The summed E-state index contributed by atoms with van der Waals surface area (Å²) < 4.78 is 0. The average Bonchev–Trinajstić information content (AvgIpc) is 3.14. The van der Waals surface area contributed by atoms with Gasteiger partial charge in [0.25, 0.3) is 0 Å². The predicted molar refractivity (Wildman–Crippen MR) is 96.4 cm³/mol. The molecule has 1 saturated heterocycles. The second-order valence-corrected chi connectivity index (χ2v) is 6.89. The second-order valence-electron chi connectivity index (χ2n) is 5.94. The first-order valence-electron chi connectivity index (χ1n) is 7.78. The minimum atomic E-state index is -0.375. The molecule has 124 valence electrons. The molecule has 1 aromatic carbocycles. The number of aryl methyl sites for hydroxylation is 2. The SMILES string of the molecule is Cc1ccc(N2C[C@H](C(=O)N/N=C/c3sccc3C)CC2=O)cc1. The van der Waals surface area contributed by atoms with E-state index in [1.165, 1.54) is 0 Å². The van der Waals surface area contributed by atoms with Gasteiger partial charge in [0.1, 0.15) is 0 Å². The van der Waals surface area contributed by atoms with Crippen LogP contribution >= 0.6 is 11.3 Å². The number of benzene rings is 1. The lowest BCUT2D eigenvalue weighted by atomic mass is 10.1. The molecule has 6 heteroatoms. The maximum atomic E-state index is 12.2. The Balaban J connectivity index is 1.60. The zero-order chi connectivity index (χ0) is 17.1. The van der Waals surface area contributed by atoms with E-state index in [9.17, 15) is 9.59 Å². The highest BCUT2D eigenvalue weighted by molar-refractivity contribution is 7.11. The Labute approximate surface area is 145 Å². The second kappa shape index (κ2) is 6.97. The van der Waals surface area contributed by atoms with E-state index in [0.717, 1.165) is 21.7 Å². The van der Waals surface area contributed by atoms with Crippen molar-refractivity contribution in [3.05, 3.63) is 51.7 Å². The number of anilines is 1. The number of carbonyl (C=O) groups excluding carboxylic acids is 2. The van der Waals surface area contributed by atoms with Crippen LogP contribution in [-0.4, -0.2) is 24.6 Å². The fourth-order valence-electron chi connectivity index (χ4n) is 2.62. The Bertz CT molecular complexity index is 780. The van der Waals surface area contributed by atoms with Crippen LogP contribution in [0.25, 0.3) is 0 Å². The van der Waals surface area contributed by atoms with Gasteiger partial charge in [-0.3, -0.25) is 9.59 Å². The highest BCUT2D eigenvalue weighted by Gasteiger charge is 2.35. The fourth-order valence-corrected chi connectivity index (χ4v) is 3.41. The molecule has 2 heterocycles. The minimum Gasteiger partial charge on any atom is -0.312 e. The van der Waals surface area contributed by atoms with Crippen molar-refractivity contribution >= 4 is 35.1 Å². The molecule has 2 aromatic rings. The molecule has 1 aliphatic rings. The van der Waals surface area contributed by atoms with Crippen molar-refractivity contribution in [2.24, 2.45) is 11.0 Å². The maximum absolute atomic E-state index is 12.2. The summed E-state index contributed by atoms with van der Waals surface area (Å²) in [5.41, 5.74) is 5.64. The summed E-state index contributed by atoms with van der Waals surface area (Å²) in [6.45, 7) is 4.38. The Morgan fingerprint density at radius 3 is 2.71 bits per heavy atom. The third-order valence-corrected chi connectivity index (χ3v) is 5.05. The van der Waals surface area contributed by atoms with E-state index in [1.807, 2.05) is 49.6 Å². The number of nitrogens with zero attached hydrogens (tertiary/aromatic N) is 2. The number of hydrogen-bond donors (Lipinski definition) is 1. The summed E-state index contributed by atoms with van der Waals surface area (Å²) in [5.74, 6) is -0.624. The summed E-state index contributed by atoms with van der Waals surface area (Å²) in [4.78, 5) is 27.1. The van der Waals surface area contributed by atoms with E-state index in [1.54, 1.807) is 22.5 Å². The van der Waals surface area contributed by atoms with Gasteiger partial charge in [-0.1, -0.05) is 17.7 Å². The lowest BCUT2D eigenvalue weighted by Crippen LogP contribution is -2.30. The smallest absolute Gasteiger partial charge is 0.245 e. The van der Waals surface area contributed by atoms with E-state index < -0.39 is 0 Å².